The summed E-state index contributed by atoms with van der Waals surface area (Å²) < 4.78 is 12.5. The molecule has 0 amide bonds. The Hall–Kier alpha value is -1.20. The number of ether oxygens (including phenoxy) is 1. The van der Waals surface area contributed by atoms with Gasteiger partial charge in [0.05, 0.1) is 0 Å². The second kappa shape index (κ2) is 17.7. The van der Waals surface area contributed by atoms with Crippen LogP contribution in [0.3, 0.4) is 0 Å². The van der Waals surface area contributed by atoms with E-state index in [-0.39, 0.29) is 5.92 Å². The predicted octanol–water partition coefficient (Wildman–Crippen LogP) is 10.2. The molecule has 0 heterocycles. The van der Waals surface area contributed by atoms with Crippen LogP contribution in [0.5, 0.6) is 5.75 Å². The number of nitrogens with zero attached hydrogens (tertiary/aromatic N) is 1. The van der Waals surface area contributed by atoms with Gasteiger partial charge in [0.2, 0.25) is 0 Å². The van der Waals surface area contributed by atoms with E-state index in [1.54, 1.807) is 3.58 Å². The molecular weight excluding hydrogens is 640 g/mol. The van der Waals surface area contributed by atoms with E-state index < -0.39 is 18.4 Å². The standard InChI is InChI=1S/C23H22Cl2NO.3C4H9.Sn/c1-26(15-16-27-22-5-3-2-4-6-22)17-23(18-7-11-20(24)12-8-18)19-9-13-21(25)14-10-19;3*1-3-4-2;/h3-14,23H,15-17H2,1H3;3*1,3-4H2,2H3;. The Morgan fingerprint density at radius 1 is 0.675 bits per heavy atom. The van der Waals surface area contributed by atoms with E-state index in [1.165, 1.54) is 63.0 Å². The molecule has 218 valence electrons. The van der Waals surface area contributed by atoms with E-state index in [4.69, 9.17) is 27.9 Å². The second-order valence-corrected chi connectivity index (χ2v) is 25.5. The first-order valence-corrected chi connectivity index (χ1v) is 23.6. The Morgan fingerprint density at radius 2 is 1.12 bits per heavy atom. The summed E-state index contributed by atoms with van der Waals surface area (Å²) in [6.45, 7) is 9.44. The third kappa shape index (κ3) is 10.3. The van der Waals surface area contributed by atoms with Crippen molar-refractivity contribution in [1.82, 2.24) is 4.90 Å². The Morgan fingerprint density at radius 3 is 1.55 bits per heavy atom. The molecule has 5 heteroatoms. The quantitative estimate of drug-likeness (QED) is 0.123. The third-order valence-electron chi connectivity index (χ3n) is 8.27. The summed E-state index contributed by atoms with van der Waals surface area (Å²) in [5.41, 5.74) is 2.50. The molecule has 0 saturated heterocycles. The van der Waals surface area contributed by atoms with E-state index >= 15 is 0 Å². The fourth-order valence-corrected chi connectivity index (χ4v) is 22.0. The first-order chi connectivity index (χ1) is 19.4. The van der Waals surface area contributed by atoms with Crippen molar-refractivity contribution in [3.05, 3.63) is 94.0 Å². The molecule has 0 atom stereocenters. The molecule has 2 nitrogen and oxygen atoms in total. The van der Waals surface area contributed by atoms with Gasteiger partial charge in [-0.2, -0.15) is 0 Å². The first kappa shape index (κ1) is 33.3. The molecule has 0 fully saturated rings. The fraction of sp³-hybridized carbons (Fsp3) is 0.486. The summed E-state index contributed by atoms with van der Waals surface area (Å²) in [4.78, 5) is 2.35. The molecule has 0 bridgehead atoms. The van der Waals surface area contributed by atoms with Crippen LogP contribution in [0.25, 0.3) is 0 Å². The van der Waals surface area contributed by atoms with E-state index in [1.807, 2.05) is 24.3 Å². The second-order valence-electron chi connectivity index (χ2n) is 11.4. The van der Waals surface area contributed by atoms with E-state index in [9.17, 15) is 0 Å². The molecule has 0 unspecified atom stereocenters. The third-order valence-corrected chi connectivity index (χ3v) is 24.4. The van der Waals surface area contributed by atoms with E-state index in [0.717, 1.165) is 28.9 Å². The fourth-order valence-electron chi connectivity index (χ4n) is 5.77. The monoisotopic (exact) mass is 689 g/mol. The van der Waals surface area contributed by atoms with Crippen molar-refractivity contribution in [2.75, 3.05) is 26.7 Å². The first-order valence-electron chi connectivity index (χ1n) is 15.3. The van der Waals surface area contributed by atoms with Crippen molar-refractivity contribution in [2.45, 2.75) is 78.5 Å². The van der Waals surface area contributed by atoms with Crippen LogP contribution in [0, 0.1) is 0 Å². The molecule has 0 aliphatic heterocycles. The van der Waals surface area contributed by atoms with Gasteiger partial charge in [0.25, 0.3) is 0 Å². The van der Waals surface area contributed by atoms with Crippen molar-refractivity contribution in [3.63, 3.8) is 0 Å². The van der Waals surface area contributed by atoms with Crippen LogP contribution in [-0.4, -0.2) is 50.0 Å². The Balaban J connectivity index is 1.63. The average molecular weight is 689 g/mol. The zero-order valence-electron chi connectivity index (χ0n) is 25.1. The summed E-state index contributed by atoms with van der Waals surface area (Å²) >= 11 is 9.96. The summed E-state index contributed by atoms with van der Waals surface area (Å²) in [5.74, 6) is 1.22. The molecule has 0 aliphatic carbocycles. The number of hydrogen-bond donors (Lipinski definition) is 0. The molecule has 0 aromatic heterocycles. The average Bonchev–Trinajstić information content (AvgIpc) is 2.97. The molecule has 3 aromatic rings. The topological polar surface area (TPSA) is 12.5 Å². The number of halogens is 2. The van der Waals surface area contributed by atoms with Crippen molar-refractivity contribution in [1.29, 1.82) is 0 Å². The summed E-state index contributed by atoms with van der Waals surface area (Å²) in [6, 6.07) is 25.7. The van der Waals surface area contributed by atoms with E-state index in [0.29, 0.717) is 6.61 Å². The zero-order valence-corrected chi connectivity index (χ0v) is 29.5. The van der Waals surface area contributed by atoms with Crippen LogP contribution >= 0.6 is 23.2 Å². The van der Waals surface area contributed by atoms with Crippen molar-refractivity contribution in [2.24, 2.45) is 0 Å². The summed E-state index contributed by atoms with van der Waals surface area (Å²) in [7, 11) is 2.17. The number of hydrogen-bond acceptors (Lipinski definition) is 2. The van der Waals surface area contributed by atoms with Gasteiger partial charge < -0.3 is 0 Å². The minimum absolute atomic E-state index is 0.230. The van der Waals surface area contributed by atoms with Gasteiger partial charge in [-0.25, -0.2) is 0 Å². The van der Waals surface area contributed by atoms with Crippen LogP contribution in [-0.2, 0) is 0 Å². The molecule has 3 aromatic carbocycles. The maximum absolute atomic E-state index is 6.26. The van der Waals surface area contributed by atoms with Crippen LogP contribution in [0.15, 0.2) is 72.8 Å². The molecule has 0 N–H and O–H groups in total. The SMILES string of the molecule is CCC[CH2][Sn]([CH2]CCC)([CH2]CCC)[c]1ccc(OCCN(C)CC(c2ccc(Cl)cc2)c2ccc(Cl)cc2)cc1. The zero-order chi connectivity index (χ0) is 28.8. The van der Waals surface area contributed by atoms with Crippen LogP contribution < -0.4 is 8.32 Å². The van der Waals surface area contributed by atoms with Gasteiger partial charge in [-0.3, -0.25) is 0 Å². The summed E-state index contributed by atoms with van der Waals surface area (Å²) in [6.07, 6.45) is 8.09. The Bertz CT molecular complexity index is 1030. The van der Waals surface area contributed by atoms with Crippen molar-refractivity contribution < 1.29 is 4.74 Å². The molecule has 0 radical (unpaired) electrons. The van der Waals surface area contributed by atoms with Crippen LogP contribution in [0.2, 0.25) is 23.4 Å². The molecule has 0 saturated carbocycles. The number of benzene rings is 3. The van der Waals surface area contributed by atoms with E-state index in [2.05, 4.69) is 81.2 Å². The maximum atomic E-state index is 6.26. The minimum atomic E-state index is -2.39. The van der Waals surface area contributed by atoms with Gasteiger partial charge in [0.1, 0.15) is 0 Å². The number of likely N-dealkylation sites (N-methyl/N-ethyl adjacent to an activating group) is 1. The normalized spacial score (nSPS) is 11.9. The molecule has 3 rings (SSSR count). The molecule has 0 aliphatic rings. The Labute approximate surface area is 258 Å². The van der Waals surface area contributed by atoms with Crippen molar-refractivity contribution in [3.8, 4) is 5.75 Å². The van der Waals surface area contributed by atoms with Gasteiger partial charge >= 0.3 is 202 Å². The van der Waals surface area contributed by atoms with Gasteiger partial charge in [0, 0.05) is 10.0 Å². The Kier molecular flexibility index (Phi) is 14.7. The molecule has 40 heavy (non-hydrogen) atoms. The van der Waals surface area contributed by atoms with Crippen LogP contribution in [0.1, 0.15) is 76.3 Å². The van der Waals surface area contributed by atoms with Gasteiger partial charge in [-0.05, 0) is 24.3 Å². The van der Waals surface area contributed by atoms with Gasteiger partial charge in [-0.15, -0.1) is 0 Å². The molecular formula is C35H49Cl2NOSn. The molecule has 0 spiro atoms. The van der Waals surface area contributed by atoms with Crippen LogP contribution in [0.4, 0.5) is 0 Å². The predicted molar refractivity (Wildman–Crippen MR) is 179 cm³/mol. The van der Waals surface area contributed by atoms with Gasteiger partial charge in [-0.1, -0.05) is 23.2 Å². The number of rotatable bonds is 18. The number of unbranched alkanes of at least 4 members (excludes halogenated alkanes) is 3. The van der Waals surface area contributed by atoms with Crippen molar-refractivity contribution >= 4 is 45.2 Å². The van der Waals surface area contributed by atoms with Gasteiger partial charge in [0.15, 0.2) is 0 Å². The summed E-state index contributed by atoms with van der Waals surface area (Å²) in [5, 5.41) is 1.52.